The number of rotatable bonds is 3. The zero-order valence-corrected chi connectivity index (χ0v) is 15.4. The highest BCUT2D eigenvalue weighted by atomic mass is 16.2. The van der Waals surface area contributed by atoms with Crippen molar-refractivity contribution >= 4 is 11.7 Å². The average Bonchev–Trinajstić information content (AvgIpc) is 3.21. The summed E-state index contributed by atoms with van der Waals surface area (Å²) in [7, 11) is 4.02. The van der Waals surface area contributed by atoms with Gasteiger partial charge in [-0.15, -0.1) is 0 Å². The van der Waals surface area contributed by atoms with Crippen LogP contribution in [0.1, 0.15) is 24.1 Å². The van der Waals surface area contributed by atoms with E-state index < -0.39 is 0 Å². The molecule has 0 unspecified atom stereocenters. The highest BCUT2D eigenvalue weighted by Crippen LogP contribution is 2.29. The van der Waals surface area contributed by atoms with Gasteiger partial charge in [0.2, 0.25) is 5.91 Å². The van der Waals surface area contributed by atoms with Gasteiger partial charge in [0.25, 0.3) is 0 Å². The number of aromatic nitrogens is 2. The van der Waals surface area contributed by atoms with Crippen LogP contribution in [0.5, 0.6) is 0 Å². The van der Waals surface area contributed by atoms with Crippen LogP contribution in [-0.4, -0.2) is 54.0 Å². The predicted molar refractivity (Wildman–Crippen MR) is 102 cm³/mol. The Balaban J connectivity index is 1.68. The van der Waals surface area contributed by atoms with Crippen molar-refractivity contribution < 1.29 is 4.79 Å². The molecule has 2 aliphatic heterocycles. The molecule has 26 heavy (non-hydrogen) atoms. The van der Waals surface area contributed by atoms with E-state index in [2.05, 4.69) is 5.32 Å². The van der Waals surface area contributed by atoms with Gasteiger partial charge in [-0.25, -0.2) is 9.97 Å². The number of nitrogens with one attached hydrogen (secondary N) is 1. The van der Waals surface area contributed by atoms with E-state index in [4.69, 9.17) is 9.97 Å². The molecule has 1 fully saturated rings. The van der Waals surface area contributed by atoms with Crippen LogP contribution in [0.4, 0.5) is 5.82 Å². The number of fused-ring (bicyclic) bond motifs is 1. The van der Waals surface area contributed by atoms with Crippen molar-refractivity contribution in [2.45, 2.75) is 31.8 Å². The summed E-state index contributed by atoms with van der Waals surface area (Å²) >= 11 is 0. The summed E-state index contributed by atoms with van der Waals surface area (Å²) < 4.78 is 0. The van der Waals surface area contributed by atoms with E-state index >= 15 is 0 Å². The van der Waals surface area contributed by atoms with E-state index in [9.17, 15) is 4.79 Å². The fourth-order valence-corrected chi connectivity index (χ4v) is 3.80. The highest BCUT2D eigenvalue weighted by Gasteiger charge is 2.31. The summed E-state index contributed by atoms with van der Waals surface area (Å²) in [5, 5.41) is 3.31. The molecule has 2 aromatic rings. The molecule has 1 atom stereocenters. The van der Waals surface area contributed by atoms with Gasteiger partial charge in [-0.1, -0.05) is 30.3 Å². The Bertz CT molecular complexity index is 799. The normalized spacial score (nSPS) is 19.3. The lowest BCUT2D eigenvalue weighted by molar-refractivity contribution is -0.134. The third kappa shape index (κ3) is 3.17. The molecule has 1 amide bonds. The Labute approximate surface area is 154 Å². The smallest absolute Gasteiger partial charge is 0.240 e. The third-order valence-corrected chi connectivity index (χ3v) is 5.17. The van der Waals surface area contributed by atoms with E-state index in [-0.39, 0.29) is 11.9 Å². The van der Waals surface area contributed by atoms with Gasteiger partial charge in [-0.3, -0.25) is 4.79 Å². The monoisotopic (exact) mass is 351 g/mol. The summed E-state index contributed by atoms with van der Waals surface area (Å²) in [6.45, 7) is 2.24. The topological polar surface area (TPSA) is 61.4 Å². The summed E-state index contributed by atoms with van der Waals surface area (Å²) in [6, 6.07) is 10.00. The van der Waals surface area contributed by atoms with Gasteiger partial charge in [0.05, 0.1) is 18.3 Å². The predicted octanol–water partition coefficient (Wildman–Crippen LogP) is 1.85. The Hall–Kier alpha value is -2.47. The number of carbonyl (C=O) groups is 1. The van der Waals surface area contributed by atoms with Crippen molar-refractivity contribution in [1.29, 1.82) is 0 Å². The molecule has 0 bridgehead atoms. The molecule has 0 aliphatic carbocycles. The van der Waals surface area contributed by atoms with Gasteiger partial charge in [0, 0.05) is 31.8 Å². The van der Waals surface area contributed by atoms with Crippen LogP contribution in [0.3, 0.4) is 0 Å². The van der Waals surface area contributed by atoms with Crippen molar-refractivity contribution in [2.24, 2.45) is 0 Å². The third-order valence-electron chi connectivity index (χ3n) is 5.17. The average molecular weight is 351 g/mol. The van der Waals surface area contributed by atoms with E-state index in [0.29, 0.717) is 6.54 Å². The zero-order valence-electron chi connectivity index (χ0n) is 15.4. The second kappa shape index (κ2) is 7.03. The lowest BCUT2D eigenvalue weighted by Crippen LogP contribution is -2.46. The van der Waals surface area contributed by atoms with Gasteiger partial charge in [0.1, 0.15) is 5.82 Å². The van der Waals surface area contributed by atoms with E-state index in [1.165, 1.54) is 0 Å². The largest absolute Gasteiger partial charge is 0.362 e. The molecule has 6 heteroatoms. The van der Waals surface area contributed by atoms with E-state index in [0.717, 1.165) is 60.8 Å². The van der Waals surface area contributed by atoms with Crippen LogP contribution < -0.4 is 10.2 Å². The maximum Gasteiger partial charge on any atom is 0.240 e. The Morgan fingerprint density at radius 1 is 1.23 bits per heavy atom. The molecule has 1 aromatic carbocycles. The van der Waals surface area contributed by atoms with Crippen LogP contribution >= 0.6 is 0 Å². The highest BCUT2D eigenvalue weighted by molar-refractivity contribution is 5.82. The number of benzene rings is 1. The van der Waals surface area contributed by atoms with Crippen LogP contribution in [0.2, 0.25) is 0 Å². The lowest BCUT2D eigenvalue weighted by atomic mass is 10.0. The number of carbonyl (C=O) groups excluding carboxylic acids is 1. The molecule has 2 aliphatic rings. The minimum Gasteiger partial charge on any atom is -0.362 e. The van der Waals surface area contributed by atoms with Crippen molar-refractivity contribution in [3.05, 3.63) is 41.6 Å². The van der Waals surface area contributed by atoms with Crippen molar-refractivity contribution in [3.63, 3.8) is 0 Å². The molecule has 1 saturated heterocycles. The molecule has 0 spiro atoms. The Morgan fingerprint density at radius 3 is 2.73 bits per heavy atom. The molecule has 0 saturated carbocycles. The first-order valence-electron chi connectivity index (χ1n) is 9.28. The van der Waals surface area contributed by atoms with Crippen LogP contribution in [0, 0.1) is 0 Å². The van der Waals surface area contributed by atoms with Gasteiger partial charge < -0.3 is 15.1 Å². The van der Waals surface area contributed by atoms with Crippen LogP contribution in [0.15, 0.2) is 30.3 Å². The summed E-state index contributed by atoms with van der Waals surface area (Å²) in [5.74, 6) is 1.89. The number of hydrogen-bond donors (Lipinski definition) is 1. The minimum absolute atomic E-state index is 0.0275. The quantitative estimate of drug-likeness (QED) is 0.914. The first-order chi connectivity index (χ1) is 12.6. The van der Waals surface area contributed by atoms with Crippen molar-refractivity contribution in [3.8, 4) is 11.4 Å². The Kier molecular flexibility index (Phi) is 4.59. The van der Waals surface area contributed by atoms with Gasteiger partial charge in [-0.2, -0.15) is 0 Å². The lowest BCUT2D eigenvalue weighted by Gasteiger charge is -2.32. The number of amides is 1. The SMILES string of the molecule is CN(C)c1nc(-c2ccccc2)nc2c1CCN(C(=O)[C@H]1CCCN1)C2. The number of nitrogens with zero attached hydrogens (tertiary/aromatic N) is 4. The van der Waals surface area contributed by atoms with E-state index in [1.807, 2.05) is 54.2 Å². The van der Waals surface area contributed by atoms with Crippen molar-refractivity contribution in [1.82, 2.24) is 20.2 Å². The molecule has 3 heterocycles. The zero-order chi connectivity index (χ0) is 18.1. The molecule has 136 valence electrons. The van der Waals surface area contributed by atoms with Gasteiger partial charge in [0.15, 0.2) is 5.82 Å². The first-order valence-corrected chi connectivity index (χ1v) is 9.28. The van der Waals surface area contributed by atoms with E-state index in [1.54, 1.807) is 0 Å². The number of hydrogen-bond acceptors (Lipinski definition) is 5. The molecule has 4 rings (SSSR count). The molecular weight excluding hydrogens is 326 g/mol. The molecule has 1 aromatic heterocycles. The minimum atomic E-state index is -0.0275. The van der Waals surface area contributed by atoms with Crippen LogP contribution in [-0.2, 0) is 17.8 Å². The first kappa shape index (κ1) is 17.0. The van der Waals surface area contributed by atoms with Crippen molar-refractivity contribution in [2.75, 3.05) is 32.1 Å². The number of anilines is 1. The summed E-state index contributed by atoms with van der Waals surface area (Å²) in [4.78, 5) is 26.4. The molecule has 1 N–H and O–H groups in total. The van der Waals surface area contributed by atoms with Gasteiger partial charge in [-0.05, 0) is 25.8 Å². The van der Waals surface area contributed by atoms with Crippen LogP contribution in [0.25, 0.3) is 11.4 Å². The second-order valence-corrected chi connectivity index (χ2v) is 7.22. The summed E-state index contributed by atoms with van der Waals surface area (Å²) in [6.07, 6.45) is 2.81. The maximum atomic E-state index is 12.8. The maximum absolute atomic E-state index is 12.8. The molecule has 0 radical (unpaired) electrons. The standard InChI is InChI=1S/C20H25N5O/c1-24(2)19-15-10-12-25(20(26)16-9-6-11-21-16)13-17(15)22-18(23-19)14-7-4-3-5-8-14/h3-5,7-8,16,21H,6,9-13H2,1-2H3/t16-/m1/s1. The fourth-order valence-electron chi connectivity index (χ4n) is 3.80. The molecule has 6 nitrogen and oxygen atoms in total. The molecular formula is C20H25N5O. The Morgan fingerprint density at radius 2 is 2.04 bits per heavy atom. The van der Waals surface area contributed by atoms with Gasteiger partial charge >= 0.3 is 0 Å². The second-order valence-electron chi connectivity index (χ2n) is 7.22. The fraction of sp³-hybridized carbons (Fsp3) is 0.450. The summed E-state index contributed by atoms with van der Waals surface area (Å²) in [5.41, 5.74) is 3.14.